The number of aliphatic hydroxyl groups excluding tert-OH is 1. The van der Waals surface area contributed by atoms with E-state index in [1.165, 1.54) is 12.8 Å². The summed E-state index contributed by atoms with van der Waals surface area (Å²) in [5.74, 6) is 0. The Balaban J connectivity index is 2.65. The molecule has 1 rings (SSSR count). The SMILES string of the molecule is COC(C)(C)C(O)C1=CCCCC1. The van der Waals surface area contributed by atoms with Crippen LogP contribution in [0.4, 0.5) is 0 Å². The van der Waals surface area contributed by atoms with Gasteiger partial charge in [0.25, 0.3) is 0 Å². The molecule has 1 unspecified atom stereocenters. The van der Waals surface area contributed by atoms with E-state index in [-0.39, 0.29) is 0 Å². The van der Waals surface area contributed by atoms with Gasteiger partial charge in [-0.25, -0.2) is 0 Å². The second-order valence-corrected chi connectivity index (χ2v) is 4.23. The van der Waals surface area contributed by atoms with Crippen molar-refractivity contribution in [2.45, 2.75) is 51.2 Å². The molecule has 0 saturated heterocycles. The number of hydrogen-bond donors (Lipinski definition) is 1. The molecular formula is C11H20O2. The summed E-state index contributed by atoms with van der Waals surface area (Å²) < 4.78 is 5.26. The highest BCUT2D eigenvalue weighted by Gasteiger charge is 2.30. The molecule has 1 aliphatic carbocycles. The molecule has 0 aromatic heterocycles. The Morgan fingerprint density at radius 2 is 2.15 bits per heavy atom. The van der Waals surface area contributed by atoms with Gasteiger partial charge in [0.1, 0.15) is 6.10 Å². The van der Waals surface area contributed by atoms with Gasteiger partial charge in [0.2, 0.25) is 0 Å². The van der Waals surface area contributed by atoms with Crippen LogP contribution in [0.5, 0.6) is 0 Å². The van der Waals surface area contributed by atoms with E-state index in [0.29, 0.717) is 0 Å². The molecule has 2 nitrogen and oxygen atoms in total. The molecule has 0 heterocycles. The van der Waals surface area contributed by atoms with Gasteiger partial charge >= 0.3 is 0 Å². The van der Waals surface area contributed by atoms with Crippen LogP contribution in [0.2, 0.25) is 0 Å². The molecule has 0 amide bonds. The number of ether oxygens (including phenoxy) is 1. The highest BCUT2D eigenvalue weighted by molar-refractivity contribution is 5.14. The van der Waals surface area contributed by atoms with Gasteiger partial charge in [-0.1, -0.05) is 6.08 Å². The Morgan fingerprint density at radius 3 is 2.62 bits per heavy atom. The topological polar surface area (TPSA) is 29.5 Å². The fraction of sp³-hybridized carbons (Fsp3) is 0.818. The second kappa shape index (κ2) is 4.25. The van der Waals surface area contributed by atoms with Crippen LogP contribution in [0.3, 0.4) is 0 Å². The summed E-state index contributed by atoms with van der Waals surface area (Å²) in [5, 5.41) is 10.0. The Labute approximate surface area is 80.6 Å². The van der Waals surface area contributed by atoms with E-state index >= 15 is 0 Å². The summed E-state index contributed by atoms with van der Waals surface area (Å²) in [6.45, 7) is 3.85. The first-order valence-electron chi connectivity index (χ1n) is 5.00. The molecule has 0 aromatic rings. The lowest BCUT2D eigenvalue weighted by atomic mass is 9.87. The molecular weight excluding hydrogens is 164 g/mol. The first-order valence-corrected chi connectivity index (χ1v) is 5.00. The predicted molar refractivity (Wildman–Crippen MR) is 53.6 cm³/mol. The van der Waals surface area contributed by atoms with Crippen LogP contribution >= 0.6 is 0 Å². The zero-order valence-corrected chi connectivity index (χ0v) is 8.84. The Kier molecular flexibility index (Phi) is 3.51. The number of hydrogen-bond acceptors (Lipinski definition) is 2. The number of allylic oxidation sites excluding steroid dienone is 1. The van der Waals surface area contributed by atoms with Crippen molar-refractivity contribution in [2.24, 2.45) is 0 Å². The van der Waals surface area contributed by atoms with Gasteiger partial charge in [-0.05, 0) is 45.1 Å². The molecule has 1 atom stereocenters. The van der Waals surface area contributed by atoms with Gasteiger partial charge in [0, 0.05) is 7.11 Å². The van der Waals surface area contributed by atoms with Gasteiger partial charge in [-0.3, -0.25) is 0 Å². The highest BCUT2D eigenvalue weighted by atomic mass is 16.5. The van der Waals surface area contributed by atoms with E-state index in [4.69, 9.17) is 4.74 Å². The van der Waals surface area contributed by atoms with Crippen LogP contribution in [-0.4, -0.2) is 23.9 Å². The summed E-state index contributed by atoms with van der Waals surface area (Å²) >= 11 is 0. The molecule has 1 aliphatic rings. The molecule has 2 heteroatoms. The summed E-state index contributed by atoms with van der Waals surface area (Å²) in [5.41, 5.74) is 0.696. The molecule has 76 valence electrons. The van der Waals surface area contributed by atoms with E-state index in [2.05, 4.69) is 6.08 Å². The fourth-order valence-electron chi connectivity index (χ4n) is 1.67. The monoisotopic (exact) mass is 184 g/mol. The van der Waals surface area contributed by atoms with E-state index in [1.54, 1.807) is 7.11 Å². The normalized spacial score (nSPS) is 21.1. The van der Waals surface area contributed by atoms with Crippen molar-refractivity contribution >= 4 is 0 Å². The first-order chi connectivity index (χ1) is 6.08. The molecule has 13 heavy (non-hydrogen) atoms. The summed E-state index contributed by atoms with van der Waals surface area (Å²) in [7, 11) is 1.65. The lowest BCUT2D eigenvalue weighted by Crippen LogP contribution is -2.39. The molecule has 0 spiro atoms. The van der Waals surface area contributed by atoms with Gasteiger partial charge in [-0.2, -0.15) is 0 Å². The summed E-state index contributed by atoms with van der Waals surface area (Å²) in [6.07, 6.45) is 6.29. The smallest absolute Gasteiger partial charge is 0.103 e. The standard InChI is InChI=1S/C11H20O2/c1-11(2,13-3)10(12)9-7-5-4-6-8-9/h7,10,12H,4-6,8H2,1-3H3. The lowest BCUT2D eigenvalue weighted by Gasteiger charge is -2.32. The minimum absolute atomic E-state index is 0.446. The molecule has 0 saturated carbocycles. The second-order valence-electron chi connectivity index (χ2n) is 4.23. The van der Waals surface area contributed by atoms with E-state index in [0.717, 1.165) is 18.4 Å². The van der Waals surface area contributed by atoms with Crippen molar-refractivity contribution in [3.8, 4) is 0 Å². The highest BCUT2D eigenvalue weighted by Crippen LogP contribution is 2.27. The molecule has 0 radical (unpaired) electrons. The van der Waals surface area contributed by atoms with Gasteiger partial charge in [0.15, 0.2) is 0 Å². The lowest BCUT2D eigenvalue weighted by molar-refractivity contribution is -0.0626. The van der Waals surface area contributed by atoms with Crippen molar-refractivity contribution in [3.63, 3.8) is 0 Å². The zero-order valence-electron chi connectivity index (χ0n) is 8.84. The van der Waals surface area contributed by atoms with Gasteiger partial charge < -0.3 is 9.84 Å². The van der Waals surface area contributed by atoms with Crippen LogP contribution in [0.1, 0.15) is 39.5 Å². The maximum atomic E-state index is 10.0. The summed E-state index contributed by atoms with van der Waals surface area (Å²) in [6, 6.07) is 0. The third-order valence-electron chi connectivity index (χ3n) is 2.86. The minimum atomic E-state index is -0.455. The van der Waals surface area contributed by atoms with Crippen molar-refractivity contribution in [2.75, 3.05) is 7.11 Å². The number of rotatable bonds is 3. The van der Waals surface area contributed by atoms with Crippen LogP contribution in [0.25, 0.3) is 0 Å². The summed E-state index contributed by atoms with van der Waals surface area (Å²) in [4.78, 5) is 0. The fourth-order valence-corrected chi connectivity index (χ4v) is 1.67. The molecule has 0 bridgehead atoms. The number of methoxy groups -OCH3 is 1. The number of aliphatic hydroxyl groups is 1. The molecule has 0 aromatic carbocycles. The Hall–Kier alpha value is -0.340. The van der Waals surface area contributed by atoms with Gasteiger partial charge in [0.05, 0.1) is 5.60 Å². The van der Waals surface area contributed by atoms with E-state index in [9.17, 15) is 5.11 Å². The van der Waals surface area contributed by atoms with Gasteiger partial charge in [-0.15, -0.1) is 0 Å². The van der Waals surface area contributed by atoms with Crippen LogP contribution < -0.4 is 0 Å². The Bertz CT molecular complexity index is 194. The quantitative estimate of drug-likeness (QED) is 0.682. The first kappa shape index (κ1) is 10.7. The average molecular weight is 184 g/mol. The molecule has 0 aliphatic heterocycles. The van der Waals surface area contributed by atoms with E-state index < -0.39 is 11.7 Å². The van der Waals surface area contributed by atoms with Crippen LogP contribution in [-0.2, 0) is 4.74 Å². The van der Waals surface area contributed by atoms with Crippen LogP contribution in [0, 0.1) is 0 Å². The van der Waals surface area contributed by atoms with Crippen molar-refractivity contribution < 1.29 is 9.84 Å². The third-order valence-corrected chi connectivity index (χ3v) is 2.86. The maximum absolute atomic E-state index is 10.0. The van der Waals surface area contributed by atoms with Crippen molar-refractivity contribution in [3.05, 3.63) is 11.6 Å². The minimum Gasteiger partial charge on any atom is -0.386 e. The average Bonchev–Trinajstić information content (AvgIpc) is 2.18. The van der Waals surface area contributed by atoms with Crippen LogP contribution in [0.15, 0.2) is 11.6 Å². The molecule has 0 fully saturated rings. The van der Waals surface area contributed by atoms with Crippen molar-refractivity contribution in [1.82, 2.24) is 0 Å². The molecule has 1 N–H and O–H groups in total. The third kappa shape index (κ3) is 2.55. The largest absolute Gasteiger partial charge is 0.386 e. The zero-order chi connectivity index (χ0) is 9.90. The van der Waals surface area contributed by atoms with Crippen molar-refractivity contribution in [1.29, 1.82) is 0 Å². The maximum Gasteiger partial charge on any atom is 0.103 e. The Morgan fingerprint density at radius 1 is 1.46 bits per heavy atom. The predicted octanol–water partition coefficient (Wildman–Crippen LogP) is 2.27. The van der Waals surface area contributed by atoms with E-state index in [1.807, 2.05) is 13.8 Å².